The van der Waals surface area contributed by atoms with Gasteiger partial charge in [0, 0.05) is 43.7 Å². The SMILES string of the molecule is COc1ccc(O)c(CN2CCCN(c3nc(C)c4cc(C)c(C)cc4n3)CC2)c1. The summed E-state index contributed by atoms with van der Waals surface area (Å²) in [6.07, 6.45) is 1.03. The summed E-state index contributed by atoms with van der Waals surface area (Å²) in [5, 5.41) is 11.4. The molecule has 0 atom stereocenters. The lowest BCUT2D eigenvalue weighted by Gasteiger charge is -2.23. The van der Waals surface area contributed by atoms with Crippen molar-refractivity contribution < 1.29 is 9.84 Å². The van der Waals surface area contributed by atoms with E-state index in [9.17, 15) is 5.11 Å². The van der Waals surface area contributed by atoms with Crippen molar-refractivity contribution in [1.29, 1.82) is 0 Å². The number of rotatable bonds is 4. The molecule has 1 saturated heterocycles. The number of aromatic hydroxyl groups is 1. The summed E-state index contributed by atoms with van der Waals surface area (Å²) in [6.45, 7) is 10.7. The van der Waals surface area contributed by atoms with Crippen LogP contribution in [0.2, 0.25) is 0 Å². The Balaban J connectivity index is 1.51. The maximum Gasteiger partial charge on any atom is 0.226 e. The van der Waals surface area contributed by atoms with Gasteiger partial charge in [0.25, 0.3) is 0 Å². The summed E-state index contributed by atoms with van der Waals surface area (Å²) in [5.74, 6) is 1.90. The highest BCUT2D eigenvalue weighted by Crippen LogP contribution is 2.26. The number of phenolic OH excluding ortho intramolecular Hbond substituents is 1. The minimum Gasteiger partial charge on any atom is -0.508 e. The second-order valence-corrected chi connectivity index (χ2v) is 8.17. The molecule has 3 aromatic rings. The summed E-state index contributed by atoms with van der Waals surface area (Å²) in [7, 11) is 1.65. The van der Waals surface area contributed by atoms with Gasteiger partial charge in [-0.25, -0.2) is 9.97 Å². The van der Waals surface area contributed by atoms with Crippen LogP contribution in [0.25, 0.3) is 10.9 Å². The Morgan fingerprint density at radius 1 is 0.967 bits per heavy atom. The number of aryl methyl sites for hydroxylation is 3. The van der Waals surface area contributed by atoms with E-state index in [0.29, 0.717) is 12.3 Å². The van der Waals surface area contributed by atoms with Gasteiger partial charge in [-0.15, -0.1) is 0 Å². The largest absolute Gasteiger partial charge is 0.508 e. The van der Waals surface area contributed by atoms with Crippen LogP contribution in [-0.4, -0.2) is 53.3 Å². The van der Waals surface area contributed by atoms with Crippen molar-refractivity contribution in [3.63, 3.8) is 0 Å². The molecule has 158 valence electrons. The fourth-order valence-corrected chi connectivity index (χ4v) is 4.05. The van der Waals surface area contributed by atoms with Crippen LogP contribution in [0.1, 0.15) is 28.8 Å². The monoisotopic (exact) mass is 406 g/mol. The first-order valence-electron chi connectivity index (χ1n) is 10.5. The molecule has 4 rings (SSSR count). The fourth-order valence-electron chi connectivity index (χ4n) is 4.05. The van der Waals surface area contributed by atoms with E-state index in [1.165, 1.54) is 11.1 Å². The molecule has 30 heavy (non-hydrogen) atoms. The number of hydrogen-bond acceptors (Lipinski definition) is 6. The Labute approximate surface area is 178 Å². The second kappa shape index (κ2) is 8.48. The van der Waals surface area contributed by atoms with Crippen LogP contribution in [-0.2, 0) is 6.54 Å². The second-order valence-electron chi connectivity index (χ2n) is 8.17. The van der Waals surface area contributed by atoms with Gasteiger partial charge in [-0.3, -0.25) is 4.90 Å². The average molecular weight is 407 g/mol. The van der Waals surface area contributed by atoms with Gasteiger partial charge in [-0.05, 0) is 68.7 Å². The third kappa shape index (κ3) is 4.19. The van der Waals surface area contributed by atoms with E-state index in [1.807, 2.05) is 6.07 Å². The highest BCUT2D eigenvalue weighted by molar-refractivity contribution is 5.83. The fraction of sp³-hybridized carbons (Fsp3) is 0.417. The minimum absolute atomic E-state index is 0.316. The van der Waals surface area contributed by atoms with Crippen LogP contribution >= 0.6 is 0 Å². The third-order valence-electron chi connectivity index (χ3n) is 6.04. The van der Waals surface area contributed by atoms with Crippen molar-refractivity contribution in [3.05, 3.63) is 52.7 Å². The van der Waals surface area contributed by atoms with Crippen molar-refractivity contribution in [2.75, 3.05) is 38.2 Å². The van der Waals surface area contributed by atoms with Gasteiger partial charge in [-0.2, -0.15) is 0 Å². The molecule has 0 amide bonds. The van der Waals surface area contributed by atoms with Crippen LogP contribution in [0.4, 0.5) is 5.95 Å². The van der Waals surface area contributed by atoms with Gasteiger partial charge in [0.05, 0.1) is 18.3 Å². The molecule has 1 aliphatic heterocycles. The van der Waals surface area contributed by atoms with E-state index in [1.54, 1.807) is 19.2 Å². The van der Waals surface area contributed by atoms with E-state index in [0.717, 1.165) is 66.5 Å². The average Bonchev–Trinajstić information content (AvgIpc) is 2.96. The number of fused-ring (bicyclic) bond motifs is 1. The number of phenols is 1. The molecular formula is C24H30N4O2. The minimum atomic E-state index is 0.316. The van der Waals surface area contributed by atoms with Gasteiger partial charge < -0.3 is 14.7 Å². The van der Waals surface area contributed by atoms with Gasteiger partial charge >= 0.3 is 0 Å². The quantitative estimate of drug-likeness (QED) is 0.707. The van der Waals surface area contributed by atoms with Crippen molar-refractivity contribution in [1.82, 2.24) is 14.9 Å². The number of aromatic nitrogens is 2. The molecule has 0 saturated carbocycles. The zero-order valence-corrected chi connectivity index (χ0v) is 18.3. The van der Waals surface area contributed by atoms with Crippen molar-refractivity contribution in [2.45, 2.75) is 33.7 Å². The molecule has 2 heterocycles. The summed E-state index contributed by atoms with van der Waals surface area (Å²) in [6, 6.07) is 9.75. The molecule has 1 aromatic heterocycles. The van der Waals surface area contributed by atoms with Gasteiger partial charge in [0.15, 0.2) is 0 Å². The summed E-state index contributed by atoms with van der Waals surface area (Å²) in [5.41, 5.74) is 5.47. The van der Waals surface area contributed by atoms with Crippen LogP contribution in [0.15, 0.2) is 30.3 Å². The summed E-state index contributed by atoms with van der Waals surface area (Å²) >= 11 is 0. The molecule has 0 bridgehead atoms. The number of methoxy groups -OCH3 is 1. The molecule has 0 radical (unpaired) electrons. The summed E-state index contributed by atoms with van der Waals surface area (Å²) < 4.78 is 5.31. The molecule has 6 nitrogen and oxygen atoms in total. The van der Waals surface area contributed by atoms with E-state index >= 15 is 0 Å². The normalized spacial score (nSPS) is 15.4. The van der Waals surface area contributed by atoms with Crippen LogP contribution in [0.5, 0.6) is 11.5 Å². The lowest BCUT2D eigenvalue weighted by atomic mass is 10.1. The van der Waals surface area contributed by atoms with Crippen LogP contribution in [0.3, 0.4) is 0 Å². The van der Waals surface area contributed by atoms with Crippen molar-refractivity contribution in [2.24, 2.45) is 0 Å². The van der Waals surface area contributed by atoms with E-state index in [4.69, 9.17) is 14.7 Å². The Kier molecular flexibility index (Phi) is 5.77. The Morgan fingerprint density at radius 2 is 1.77 bits per heavy atom. The first-order chi connectivity index (χ1) is 14.4. The Bertz CT molecular complexity index is 1070. The smallest absolute Gasteiger partial charge is 0.226 e. The standard InChI is InChI=1S/C24H30N4O2/c1-16-12-21-18(3)25-24(26-22(21)13-17(16)2)28-9-5-8-27(10-11-28)15-19-14-20(30-4)6-7-23(19)29/h6-7,12-14,29H,5,8-11,15H2,1-4H3. The third-order valence-corrected chi connectivity index (χ3v) is 6.04. The molecule has 1 N–H and O–H groups in total. The van der Waals surface area contributed by atoms with Crippen LogP contribution in [0, 0.1) is 20.8 Å². The first-order valence-corrected chi connectivity index (χ1v) is 10.5. The molecular weight excluding hydrogens is 376 g/mol. The predicted molar refractivity (Wildman–Crippen MR) is 121 cm³/mol. The molecule has 1 aliphatic rings. The Hall–Kier alpha value is -2.86. The number of anilines is 1. The van der Waals surface area contributed by atoms with E-state index < -0.39 is 0 Å². The maximum atomic E-state index is 10.2. The predicted octanol–water partition coefficient (Wildman–Crippen LogP) is 3.98. The molecule has 0 aliphatic carbocycles. The van der Waals surface area contributed by atoms with Crippen LogP contribution < -0.4 is 9.64 Å². The van der Waals surface area contributed by atoms with Gasteiger partial charge in [-0.1, -0.05) is 0 Å². The Morgan fingerprint density at radius 3 is 2.57 bits per heavy atom. The zero-order chi connectivity index (χ0) is 21.3. The van der Waals surface area contributed by atoms with Gasteiger partial charge in [0.2, 0.25) is 5.95 Å². The number of hydrogen-bond donors (Lipinski definition) is 1. The molecule has 2 aromatic carbocycles. The number of ether oxygens (including phenoxy) is 1. The van der Waals surface area contributed by atoms with E-state index in [2.05, 4.69) is 42.7 Å². The molecule has 0 unspecified atom stereocenters. The lowest BCUT2D eigenvalue weighted by molar-refractivity contribution is 0.280. The van der Waals surface area contributed by atoms with Crippen molar-refractivity contribution >= 4 is 16.9 Å². The maximum absolute atomic E-state index is 10.2. The lowest BCUT2D eigenvalue weighted by Crippen LogP contribution is -2.31. The zero-order valence-electron chi connectivity index (χ0n) is 18.3. The summed E-state index contributed by atoms with van der Waals surface area (Å²) in [4.78, 5) is 14.4. The van der Waals surface area contributed by atoms with E-state index in [-0.39, 0.29) is 0 Å². The molecule has 1 fully saturated rings. The first kappa shape index (κ1) is 20.4. The van der Waals surface area contributed by atoms with Crippen molar-refractivity contribution in [3.8, 4) is 11.5 Å². The molecule has 0 spiro atoms. The molecule has 6 heteroatoms. The number of nitrogens with zero attached hydrogens (tertiary/aromatic N) is 4. The highest BCUT2D eigenvalue weighted by Gasteiger charge is 2.19. The van der Waals surface area contributed by atoms with Gasteiger partial charge in [0.1, 0.15) is 11.5 Å². The topological polar surface area (TPSA) is 61.7 Å². The highest BCUT2D eigenvalue weighted by atomic mass is 16.5. The number of benzene rings is 2.